The van der Waals surface area contributed by atoms with Gasteiger partial charge in [0.05, 0.1) is 5.54 Å². The summed E-state index contributed by atoms with van der Waals surface area (Å²) in [6.07, 6.45) is 2.03. The number of rotatable bonds is 5. The molecule has 1 saturated heterocycles. The number of carbonyl (C=O) groups excluding carboxylic acids is 1. The number of nitrogens with zero attached hydrogens (tertiary/aromatic N) is 2. The van der Waals surface area contributed by atoms with Gasteiger partial charge in [0.15, 0.2) is 0 Å². The molecule has 2 aliphatic heterocycles. The summed E-state index contributed by atoms with van der Waals surface area (Å²) in [5, 5.41) is 11.3. The summed E-state index contributed by atoms with van der Waals surface area (Å²) < 4.78 is 6.09. The first-order chi connectivity index (χ1) is 14.5. The normalized spacial score (nSPS) is 29.3. The highest BCUT2D eigenvalue weighted by atomic mass is 16.6. The highest BCUT2D eigenvalue weighted by Crippen LogP contribution is 2.61. The van der Waals surface area contributed by atoms with E-state index in [0.717, 1.165) is 29.7 Å². The van der Waals surface area contributed by atoms with Crippen molar-refractivity contribution in [2.45, 2.75) is 38.3 Å². The van der Waals surface area contributed by atoms with Crippen molar-refractivity contribution in [3.05, 3.63) is 75.3 Å². The molecule has 0 radical (unpaired) electrons. The highest BCUT2D eigenvalue weighted by Gasteiger charge is 2.64. The number of benzene rings is 2. The second kappa shape index (κ2) is 7.11. The van der Waals surface area contributed by atoms with E-state index in [1.165, 1.54) is 5.56 Å². The van der Waals surface area contributed by atoms with Gasteiger partial charge in [-0.2, -0.15) is 0 Å². The van der Waals surface area contributed by atoms with Crippen molar-refractivity contribution in [2.75, 3.05) is 13.1 Å². The predicted molar refractivity (Wildman–Crippen MR) is 112 cm³/mol. The van der Waals surface area contributed by atoms with Crippen LogP contribution in [0.1, 0.15) is 36.5 Å². The lowest BCUT2D eigenvalue weighted by molar-refractivity contribution is -0.491. The summed E-state index contributed by atoms with van der Waals surface area (Å²) in [7, 11) is 0. The predicted octanol–water partition coefficient (Wildman–Crippen LogP) is 3.80. The molecule has 6 nitrogen and oxygen atoms in total. The molecule has 1 amide bonds. The number of nitro groups is 1. The van der Waals surface area contributed by atoms with Crippen LogP contribution in [0.5, 0.6) is 5.75 Å². The van der Waals surface area contributed by atoms with E-state index in [2.05, 4.69) is 19.1 Å². The molecule has 2 aromatic carbocycles. The van der Waals surface area contributed by atoms with Crippen LogP contribution >= 0.6 is 0 Å². The summed E-state index contributed by atoms with van der Waals surface area (Å²) in [4.78, 5) is 26.0. The fraction of sp³-hybridized carbons (Fsp3) is 0.458. The first-order valence-corrected chi connectivity index (χ1v) is 10.7. The van der Waals surface area contributed by atoms with E-state index in [4.69, 9.17) is 4.74 Å². The molecule has 0 bridgehead atoms. The minimum absolute atomic E-state index is 0.00572. The summed E-state index contributed by atoms with van der Waals surface area (Å²) in [5.41, 5.74) is 3.07. The summed E-state index contributed by atoms with van der Waals surface area (Å²) in [5.74, 6) is 1.05. The fourth-order valence-electron chi connectivity index (χ4n) is 6.19. The van der Waals surface area contributed by atoms with Gasteiger partial charge in [0, 0.05) is 29.7 Å². The zero-order valence-electron chi connectivity index (χ0n) is 17.1. The number of hydrogen-bond acceptors (Lipinski definition) is 4. The number of amides is 1. The van der Waals surface area contributed by atoms with E-state index < -0.39 is 5.54 Å². The Morgan fingerprint density at radius 1 is 1.23 bits per heavy atom. The lowest BCUT2D eigenvalue weighted by atomic mass is 9.74. The second-order valence-electron chi connectivity index (χ2n) is 8.98. The summed E-state index contributed by atoms with van der Waals surface area (Å²) >= 11 is 0. The zero-order valence-corrected chi connectivity index (χ0v) is 17.1. The van der Waals surface area contributed by atoms with Crippen LogP contribution in [-0.4, -0.2) is 28.8 Å². The number of carbonyl (C=O) groups is 1. The Morgan fingerprint density at radius 2 is 2.03 bits per heavy atom. The van der Waals surface area contributed by atoms with Gasteiger partial charge < -0.3 is 9.64 Å². The zero-order chi connectivity index (χ0) is 20.9. The average Bonchev–Trinajstić information content (AvgIpc) is 3.16. The van der Waals surface area contributed by atoms with Crippen LogP contribution in [0.25, 0.3) is 0 Å². The third kappa shape index (κ3) is 2.89. The summed E-state index contributed by atoms with van der Waals surface area (Å²) in [6, 6.07) is 16.3. The first kappa shape index (κ1) is 19.1. The van der Waals surface area contributed by atoms with Crippen LogP contribution < -0.4 is 4.74 Å². The molecule has 6 heteroatoms. The average molecular weight is 406 g/mol. The Hall–Kier alpha value is -2.89. The molecule has 3 aliphatic rings. The Kier molecular flexibility index (Phi) is 4.53. The maximum Gasteiger partial charge on any atom is 0.223 e. The molecule has 1 spiro atoms. The fourth-order valence-corrected chi connectivity index (χ4v) is 6.19. The van der Waals surface area contributed by atoms with Crippen LogP contribution in [-0.2, 0) is 23.4 Å². The van der Waals surface area contributed by atoms with Gasteiger partial charge in [-0.3, -0.25) is 14.9 Å². The molecule has 2 aromatic rings. The van der Waals surface area contributed by atoms with Crippen molar-refractivity contribution in [3.8, 4) is 5.75 Å². The lowest BCUT2D eigenvalue weighted by Crippen LogP contribution is -2.49. The molecule has 1 unspecified atom stereocenters. The van der Waals surface area contributed by atoms with Gasteiger partial charge in [-0.1, -0.05) is 43.3 Å². The topological polar surface area (TPSA) is 72.7 Å². The van der Waals surface area contributed by atoms with E-state index in [-0.39, 0.29) is 35.1 Å². The molecule has 1 saturated carbocycles. The summed E-state index contributed by atoms with van der Waals surface area (Å²) in [6.45, 7) is 3.23. The minimum Gasteiger partial charge on any atom is -0.489 e. The third-order valence-corrected chi connectivity index (χ3v) is 7.43. The van der Waals surface area contributed by atoms with E-state index >= 15 is 0 Å². The van der Waals surface area contributed by atoms with Gasteiger partial charge >= 0.3 is 0 Å². The number of hydrogen-bond donors (Lipinski definition) is 0. The molecule has 5 rings (SSSR count). The molecule has 2 heterocycles. The van der Waals surface area contributed by atoms with Crippen molar-refractivity contribution in [1.29, 1.82) is 0 Å². The van der Waals surface area contributed by atoms with E-state index in [1.54, 1.807) is 0 Å². The van der Waals surface area contributed by atoms with Crippen LogP contribution in [0, 0.1) is 27.9 Å². The lowest BCUT2D eigenvalue weighted by Gasteiger charge is -2.44. The largest absolute Gasteiger partial charge is 0.489 e. The molecule has 0 N–H and O–H groups in total. The molecule has 156 valence electrons. The second-order valence-corrected chi connectivity index (χ2v) is 8.98. The van der Waals surface area contributed by atoms with E-state index in [0.29, 0.717) is 19.6 Å². The maximum atomic E-state index is 12.9. The maximum absolute atomic E-state index is 12.9. The Morgan fingerprint density at radius 3 is 2.80 bits per heavy atom. The molecule has 0 aromatic heterocycles. The van der Waals surface area contributed by atoms with Crippen molar-refractivity contribution in [2.24, 2.45) is 17.8 Å². The van der Waals surface area contributed by atoms with Crippen LogP contribution in [0.15, 0.2) is 48.5 Å². The van der Waals surface area contributed by atoms with Gasteiger partial charge in [0.25, 0.3) is 0 Å². The monoisotopic (exact) mass is 406 g/mol. The van der Waals surface area contributed by atoms with Gasteiger partial charge in [0.1, 0.15) is 12.4 Å². The molecular formula is C24H26N2O4. The molecule has 2 fully saturated rings. The van der Waals surface area contributed by atoms with Gasteiger partial charge in [0.2, 0.25) is 12.5 Å². The van der Waals surface area contributed by atoms with Crippen LogP contribution in [0.3, 0.4) is 0 Å². The van der Waals surface area contributed by atoms with E-state index in [1.807, 2.05) is 41.3 Å². The quantitative estimate of drug-likeness (QED) is 0.559. The number of ether oxygens (including phenoxy) is 1. The van der Waals surface area contributed by atoms with Gasteiger partial charge in [-0.25, -0.2) is 0 Å². The van der Waals surface area contributed by atoms with Gasteiger partial charge in [-0.05, 0) is 47.6 Å². The van der Waals surface area contributed by atoms with Crippen molar-refractivity contribution < 1.29 is 14.5 Å². The van der Waals surface area contributed by atoms with Crippen molar-refractivity contribution >= 4 is 5.91 Å². The third-order valence-electron chi connectivity index (χ3n) is 7.43. The molecular weight excluding hydrogens is 380 g/mol. The highest BCUT2D eigenvalue weighted by molar-refractivity contribution is 5.82. The molecule has 4 atom stereocenters. The molecule has 30 heavy (non-hydrogen) atoms. The Bertz CT molecular complexity index is 992. The van der Waals surface area contributed by atoms with Crippen LogP contribution in [0.2, 0.25) is 0 Å². The smallest absolute Gasteiger partial charge is 0.223 e. The van der Waals surface area contributed by atoms with Crippen molar-refractivity contribution in [3.63, 3.8) is 0 Å². The van der Waals surface area contributed by atoms with Crippen LogP contribution in [0.4, 0.5) is 0 Å². The van der Waals surface area contributed by atoms with Gasteiger partial charge in [-0.15, -0.1) is 0 Å². The SMILES string of the molecule is C[C@H]1C[C@@]23c4cc(OCc5ccccc5)ccc4CCN2C(=O)CC3[C@@H]1C[N+](=O)[O-]. The van der Waals surface area contributed by atoms with E-state index in [9.17, 15) is 14.9 Å². The standard InChI is InChI=1S/C24H26N2O4/c1-16-13-24-21-11-19(30-15-17-5-3-2-4-6-17)8-7-18(21)9-10-25(24)23(27)12-22(24)20(16)14-26(28)29/h2-8,11,16,20,22H,9-10,12-15H2,1H3/t16-,20+,22?,24-/m0/s1. The Balaban J connectivity index is 1.51. The minimum atomic E-state index is -0.420. The molecule has 1 aliphatic carbocycles. The van der Waals surface area contributed by atoms with Crippen molar-refractivity contribution in [1.82, 2.24) is 4.90 Å². The first-order valence-electron chi connectivity index (χ1n) is 10.7. The number of fused-ring (bicyclic) bond motifs is 1. The Labute approximate surface area is 176 Å².